The topological polar surface area (TPSA) is 77.8 Å². The molecular formula is C15H21NO4. The van der Waals surface area contributed by atoms with Gasteiger partial charge in [0, 0.05) is 17.9 Å². The van der Waals surface area contributed by atoms with Gasteiger partial charge in [0.25, 0.3) is 0 Å². The molecule has 0 unspecified atom stereocenters. The molecule has 4 aliphatic rings. The largest absolute Gasteiger partial charge is 0.390 e. The zero-order valence-corrected chi connectivity index (χ0v) is 11.4. The van der Waals surface area contributed by atoms with Crippen molar-refractivity contribution in [2.45, 2.75) is 56.8 Å². The van der Waals surface area contributed by atoms with Crippen LogP contribution in [0.1, 0.15) is 38.5 Å². The van der Waals surface area contributed by atoms with Gasteiger partial charge in [0.2, 0.25) is 11.8 Å². The molecule has 5 nitrogen and oxygen atoms in total. The van der Waals surface area contributed by atoms with E-state index in [2.05, 4.69) is 0 Å². The molecule has 6 atom stereocenters. The number of likely N-dealkylation sites (tertiary alicyclic amines) is 1. The zero-order valence-electron chi connectivity index (χ0n) is 11.4. The van der Waals surface area contributed by atoms with Gasteiger partial charge in [-0.05, 0) is 19.3 Å². The molecule has 1 saturated heterocycles. The molecule has 2 bridgehead atoms. The number of hydrogen-bond donors (Lipinski definition) is 2. The molecule has 0 spiro atoms. The molecule has 3 aliphatic carbocycles. The average molecular weight is 279 g/mol. The lowest BCUT2D eigenvalue weighted by Crippen LogP contribution is -2.43. The van der Waals surface area contributed by atoms with Gasteiger partial charge in [-0.15, -0.1) is 0 Å². The molecule has 1 aliphatic heterocycles. The zero-order chi connectivity index (χ0) is 14.0. The van der Waals surface area contributed by atoms with Gasteiger partial charge in [-0.3, -0.25) is 14.5 Å². The van der Waals surface area contributed by atoms with E-state index in [0.29, 0.717) is 6.42 Å². The van der Waals surface area contributed by atoms with E-state index in [4.69, 9.17) is 0 Å². The predicted molar refractivity (Wildman–Crippen MR) is 69.3 cm³/mol. The fourth-order valence-electron chi connectivity index (χ4n) is 5.15. The number of hydrogen-bond acceptors (Lipinski definition) is 4. The van der Waals surface area contributed by atoms with Crippen molar-refractivity contribution in [3.63, 3.8) is 0 Å². The second-order valence-corrected chi connectivity index (χ2v) is 6.93. The van der Waals surface area contributed by atoms with Crippen molar-refractivity contribution in [3.8, 4) is 0 Å². The highest BCUT2D eigenvalue weighted by atomic mass is 16.3. The third kappa shape index (κ3) is 1.45. The molecule has 2 N–H and O–H groups in total. The van der Waals surface area contributed by atoms with Gasteiger partial charge in [-0.25, -0.2) is 0 Å². The van der Waals surface area contributed by atoms with Crippen LogP contribution in [-0.4, -0.2) is 45.2 Å². The van der Waals surface area contributed by atoms with Crippen LogP contribution in [0.3, 0.4) is 0 Å². The Kier molecular flexibility index (Phi) is 2.73. The molecule has 1 heterocycles. The second-order valence-electron chi connectivity index (χ2n) is 6.93. The van der Waals surface area contributed by atoms with E-state index < -0.39 is 12.2 Å². The average Bonchev–Trinajstić information content (AvgIpc) is 3.05. The van der Waals surface area contributed by atoms with Crippen LogP contribution in [0.5, 0.6) is 0 Å². The molecule has 4 rings (SSSR count). The Bertz CT molecular complexity index is 427. The van der Waals surface area contributed by atoms with Crippen LogP contribution in [0.25, 0.3) is 0 Å². The van der Waals surface area contributed by atoms with E-state index >= 15 is 0 Å². The summed E-state index contributed by atoms with van der Waals surface area (Å²) in [5, 5.41) is 20.0. The van der Waals surface area contributed by atoms with E-state index in [1.54, 1.807) is 0 Å². The number of fused-ring (bicyclic) bond motifs is 5. The minimum Gasteiger partial charge on any atom is -0.390 e. The number of carbonyl (C=O) groups is 2. The van der Waals surface area contributed by atoms with Crippen LogP contribution in [0.2, 0.25) is 0 Å². The highest BCUT2D eigenvalue weighted by Crippen LogP contribution is 2.56. The van der Waals surface area contributed by atoms with Crippen molar-refractivity contribution in [1.29, 1.82) is 0 Å². The first-order chi connectivity index (χ1) is 9.61. The summed E-state index contributed by atoms with van der Waals surface area (Å²) in [6.07, 6.45) is 4.13. The lowest BCUT2D eigenvalue weighted by molar-refractivity contribution is -0.144. The number of imide groups is 1. The number of amides is 2. The fourth-order valence-corrected chi connectivity index (χ4v) is 5.15. The maximum atomic E-state index is 12.7. The van der Waals surface area contributed by atoms with Crippen LogP contribution >= 0.6 is 0 Å². The molecule has 0 aromatic carbocycles. The van der Waals surface area contributed by atoms with Gasteiger partial charge < -0.3 is 10.2 Å². The Hall–Kier alpha value is -0.940. The van der Waals surface area contributed by atoms with Gasteiger partial charge in [0.1, 0.15) is 0 Å². The molecule has 20 heavy (non-hydrogen) atoms. The predicted octanol–water partition coefficient (Wildman–Crippen LogP) is 0.292. The van der Waals surface area contributed by atoms with E-state index in [0.717, 1.165) is 25.7 Å². The first kappa shape index (κ1) is 12.8. The minimum atomic E-state index is -0.829. The third-order valence-corrected chi connectivity index (χ3v) is 6.07. The van der Waals surface area contributed by atoms with Crippen molar-refractivity contribution in [2.24, 2.45) is 23.7 Å². The summed E-state index contributed by atoms with van der Waals surface area (Å²) in [7, 11) is 0. The number of rotatable bonds is 1. The Balaban J connectivity index is 1.63. The molecule has 0 aromatic rings. The summed E-state index contributed by atoms with van der Waals surface area (Å²) in [4.78, 5) is 26.8. The highest BCUT2D eigenvalue weighted by molar-refractivity contribution is 6.06. The van der Waals surface area contributed by atoms with Crippen LogP contribution in [0, 0.1) is 23.7 Å². The van der Waals surface area contributed by atoms with Crippen LogP contribution in [-0.2, 0) is 9.59 Å². The summed E-state index contributed by atoms with van der Waals surface area (Å²) < 4.78 is 0. The molecule has 0 aromatic heterocycles. The van der Waals surface area contributed by atoms with Crippen LogP contribution < -0.4 is 0 Å². The van der Waals surface area contributed by atoms with Gasteiger partial charge in [-0.1, -0.05) is 19.3 Å². The Morgan fingerprint density at radius 3 is 1.85 bits per heavy atom. The summed E-state index contributed by atoms with van der Waals surface area (Å²) in [6.45, 7) is 0. The Morgan fingerprint density at radius 1 is 0.850 bits per heavy atom. The third-order valence-electron chi connectivity index (χ3n) is 6.07. The van der Waals surface area contributed by atoms with E-state index in [1.165, 1.54) is 11.3 Å². The van der Waals surface area contributed by atoms with Gasteiger partial charge in [0.15, 0.2) is 0 Å². The Morgan fingerprint density at radius 2 is 1.35 bits per heavy atom. The SMILES string of the molecule is O=C1[C@@H]2[C@H]3C[C@H]([C@H](O)[C@H]3O)[C@@H]2C(=O)N1C1CCCCC1. The molecule has 110 valence electrons. The fraction of sp³-hybridized carbons (Fsp3) is 0.867. The lowest BCUT2D eigenvalue weighted by Gasteiger charge is -2.30. The van der Waals surface area contributed by atoms with Crippen molar-refractivity contribution >= 4 is 11.8 Å². The monoisotopic (exact) mass is 279 g/mol. The van der Waals surface area contributed by atoms with E-state index in [9.17, 15) is 19.8 Å². The molecule has 0 radical (unpaired) electrons. The first-order valence-electron chi connectivity index (χ1n) is 7.84. The van der Waals surface area contributed by atoms with Gasteiger partial charge >= 0.3 is 0 Å². The lowest BCUT2D eigenvalue weighted by atomic mass is 9.78. The summed E-state index contributed by atoms with van der Waals surface area (Å²) in [6, 6.07) is 0.0584. The van der Waals surface area contributed by atoms with Crippen molar-refractivity contribution in [3.05, 3.63) is 0 Å². The minimum absolute atomic E-state index is 0.0584. The summed E-state index contributed by atoms with van der Waals surface area (Å²) >= 11 is 0. The summed E-state index contributed by atoms with van der Waals surface area (Å²) in [5.74, 6) is -1.33. The van der Waals surface area contributed by atoms with Crippen LogP contribution in [0.4, 0.5) is 0 Å². The van der Waals surface area contributed by atoms with Crippen molar-refractivity contribution in [2.75, 3.05) is 0 Å². The first-order valence-corrected chi connectivity index (χ1v) is 7.84. The van der Waals surface area contributed by atoms with Crippen LogP contribution in [0.15, 0.2) is 0 Å². The Labute approximate surface area is 117 Å². The quantitative estimate of drug-likeness (QED) is 0.676. The number of aliphatic hydroxyl groups excluding tert-OH is 2. The standard InChI is InChI=1S/C15H21NO4/c17-12-8-6-9(13(12)18)11-10(8)14(19)16(15(11)20)7-4-2-1-3-5-7/h7-13,17-18H,1-6H2/t8-,9+,10-,11+,12-,13-/m0/s1. The number of aliphatic hydroxyl groups is 2. The van der Waals surface area contributed by atoms with Crippen molar-refractivity contribution in [1.82, 2.24) is 4.90 Å². The molecular weight excluding hydrogens is 258 g/mol. The highest BCUT2D eigenvalue weighted by Gasteiger charge is 2.67. The molecule has 2 amide bonds. The smallest absolute Gasteiger partial charge is 0.233 e. The molecule has 3 saturated carbocycles. The molecule has 5 heteroatoms. The summed E-state index contributed by atoms with van der Waals surface area (Å²) in [5.41, 5.74) is 0. The number of nitrogens with zero attached hydrogens (tertiary/aromatic N) is 1. The van der Waals surface area contributed by atoms with E-state index in [1.807, 2.05) is 0 Å². The van der Waals surface area contributed by atoms with E-state index in [-0.39, 0.29) is 41.5 Å². The molecule has 4 fully saturated rings. The second kappa shape index (κ2) is 4.28. The maximum absolute atomic E-state index is 12.7. The van der Waals surface area contributed by atoms with Crippen molar-refractivity contribution < 1.29 is 19.8 Å². The normalized spacial score (nSPS) is 48.2. The van der Waals surface area contributed by atoms with Gasteiger partial charge in [-0.2, -0.15) is 0 Å². The maximum Gasteiger partial charge on any atom is 0.233 e. The van der Waals surface area contributed by atoms with Gasteiger partial charge in [0.05, 0.1) is 24.0 Å². The number of carbonyl (C=O) groups excluding carboxylic acids is 2.